The van der Waals surface area contributed by atoms with E-state index in [9.17, 15) is 18.5 Å². The molecular weight excluding hydrogens is 398 g/mol. The summed E-state index contributed by atoms with van der Waals surface area (Å²) in [5.74, 6) is 0. The molecule has 0 aliphatic carbocycles. The summed E-state index contributed by atoms with van der Waals surface area (Å²) < 4.78 is 25.4. The van der Waals surface area contributed by atoms with Crippen molar-refractivity contribution in [3.63, 3.8) is 0 Å². The van der Waals surface area contributed by atoms with Crippen LogP contribution < -0.4 is 4.83 Å². The number of nitro benzene ring substituents is 1. The van der Waals surface area contributed by atoms with E-state index in [0.29, 0.717) is 11.3 Å². The molecule has 0 aromatic heterocycles. The first-order chi connectivity index (χ1) is 11.2. The highest BCUT2D eigenvalue weighted by Gasteiger charge is 2.19. The van der Waals surface area contributed by atoms with Crippen molar-refractivity contribution in [3.8, 4) is 0 Å². The van der Waals surface area contributed by atoms with Crippen LogP contribution in [0.15, 0.2) is 56.9 Å². The standard InChI is InChI=1S/C15H14BrN3O4S/c1-10-6-7-14(9-15(10)19(20)21)24(22,23)18-17-11(2)12-4-3-5-13(16)8-12/h3-9,18H,1-2H3/b17-11+. The third-order valence-electron chi connectivity index (χ3n) is 3.26. The minimum atomic E-state index is -4.00. The van der Waals surface area contributed by atoms with Gasteiger partial charge < -0.3 is 0 Å². The third-order valence-corrected chi connectivity index (χ3v) is 4.96. The Balaban J connectivity index is 2.30. The number of nitro groups is 1. The second kappa shape index (κ2) is 7.10. The molecule has 0 heterocycles. The first-order valence-corrected chi connectivity index (χ1v) is 9.05. The normalized spacial score (nSPS) is 12.0. The number of benzene rings is 2. The number of halogens is 1. The molecule has 0 aliphatic heterocycles. The van der Waals surface area contributed by atoms with E-state index in [2.05, 4.69) is 25.9 Å². The van der Waals surface area contributed by atoms with Crippen molar-refractivity contribution < 1.29 is 13.3 Å². The molecule has 0 spiro atoms. The van der Waals surface area contributed by atoms with Gasteiger partial charge in [-0.15, -0.1) is 0 Å². The molecule has 0 amide bonds. The summed E-state index contributed by atoms with van der Waals surface area (Å²) in [5.41, 5.74) is 1.32. The fourth-order valence-electron chi connectivity index (χ4n) is 1.91. The highest BCUT2D eigenvalue weighted by molar-refractivity contribution is 9.10. The predicted molar refractivity (Wildman–Crippen MR) is 94.5 cm³/mol. The van der Waals surface area contributed by atoms with Crippen molar-refractivity contribution >= 4 is 37.4 Å². The largest absolute Gasteiger partial charge is 0.276 e. The molecule has 0 unspecified atom stereocenters. The minimum absolute atomic E-state index is 0.217. The molecule has 24 heavy (non-hydrogen) atoms. The van der Waals surface area contributed by atoms with Gasteiger partial charge in [0.2, 0.25) is 0 Å². The average Bonchev–Trinajstić information content (AvgIpc) is 2.52. The van der Waals surface area contributed by atoms with E-state index in [0.717, 1.165) is 16.1 Å². The maximum absolute atomic E-state index is 12.3. The van der Waals surface area contributed by atoms with Crippen molar-refractivity contribution in [2.75, 3.05) is 0 Å². The Hall–Kier alpha value is -2.26. The van der Waals surface area contributed by atoms with Crippen LogP contribution in [0.25, 0.3) is 0 Å². The van der Waals surface area contributed by atoms with Gasteiger partial charge >= 0.3 is 0 Å². The highest BCUT2D eigenvalue weighted by atomic mass is 79.9. The van der Waals surface area contributed by atoms with Crippen LogP contribution in [0, 0.1) is 17.0 Å². The molecule has 2 aromatic rings. The van der Waals surface area contributed by atoms with E-state index in [1.165, 1.54) is 19.1 Å². The van der Waals surface area contributed by atoms with Gasteiger partial charge in [0.15, 0.2) is 0 Å². The van der Waals surface area contributed by atoms with Crippen LogP contribution in [0.2, 0.25) is 0 Å². The van der Waals surface area contributed by atoms with Crippen LogP contribution in [0.1, 0.15) is 18.1 Å². The van der Waals surface area contributed by atoms with Crippen LogP contribution in [0.3, 0.4) is 0 Å². The van der Waals surface area contributed by atoms with E-state index < -0.39 is 14.9 Å². The SMILES string of the molecule is C/C(=N\NS(=O)(=O)c1ccc(C)c([N+](=O)[O-])c1)c1cccc(Br)c1. The van der Waals surface area contributed by atoms with E-state index in [4.69, 9.17) is 0 Å². The van der Waals surface area contributed by atoms with Crippen LogP contribution >= 0.6 is 15.9 Å². The lowest BCUT2D eigenvalue weighted by Gasteiger charge is -2.06. The second-order valence-corrected chi connectivity index (χ2v) is 7.58. The second-order valence-electron chi connectivity index (χ2n) is 5.01. The zero-order chi connectivity index (χ0) is 17.9. The van der Waals surface area contributed by atoms with Gasteiger partial charge in [-0.25, -0.2) is 0 Å². The molecule has 0 saturated carbocycles. The number of hydrogen-bond donors (Lipinski definition) is 1. The van der Waals surface area contributed by atoms with Gasteiger partial charge in [0, 0.05) is 16.1 Å². The molecular formula is C15H14BrN3O4S. The quantitative estimate of drug-likeness (QED) is 0.462. The number of sulfonamides is 1. The lowest BCUT2D eigenvalue weighted by molar-refractivity contribution is -0.385. The summed E-state index contributed by atoms with van der Waals surface area (Å²) in [6.07, 6.45) is 0. The van der Waals surface area contributed by atoms with E-state index in [1.807, 2.05) is 6.07 Å². The number of rotatable bonds is 5. The number of nitrogens with zero attached hydrogens (tertiary/aromatic N) is 2. The Bertz CT molecular complexity index is 926. The Labute approximate surface area is 147 Å². The molecule has 126 valence electrons. The van der Waals surface area contributed by atoms with Crippen molar-refractivity contribution in [3.05, 3.63) is 68.2 Å². The summed E-state index contributed by atoms with van der Waals surface area (Å²) in [4.78, 5) is 12.2. The summed E-state index contributed by atoms with van der Waals surface area (Å²) in [5, 5.41) is 14.8. The minimum Gasteiger partial charge on any atom is -0.258 e. The third kappa shape index (κ3) is 4.18. The molecule has 2 rings (SSSR count). The lowest BCUT2D eigenvalue weighted by Crippen LogP contribution is -2.20. The summed E-state index contributed by atoms with van der Waals surface area (Å²) in [6.45, 7) is 3.19. The predicted octanol–water partition coefficient (Wildman–Crippen LogP) is 3.37. The zero-order valence-electron chi connectivity index (χ0n) is 12.9. The van der Waals surface area contributed by atoms with Gasteiger partial charge in [-0.2, -0.15) is 18.4 Å². The number of hydrazone groups is 1. The average molecular weight is 412 g/mol. The monoisotopic (exact) mass is 411 g/mol. The van der Waals surface area contributed by atoms with Crippen LogP contribution in [-0.2, 0) is 10.0 Å². The number of aryl methyl sites for hydroxylation is 1. The van der Waals surface area contributed by atoms with Crippen molar-refractivity contribution in [1.29, 1.82) is 0 Å². The van der Waals surface area contributed by atoms with Gasteiger partial charge in [-0.05, 0) is 37.6 Å². The smallest absolute Gasteiger partial charge is 0.258 e. The Morgan fingerprint density at radius 3 is 2.58 bits per heavy atom. The fraction of sp³-hybridized carbons (Fsp3) is 0.133. The summed E-state index contributed by atoms with van der Waals surface area (Å²) >= 11 is 3.33. The first-order valence-electron chi connectivity index (χ1n) is 6.78. The molecule has 9 heteroatoms. The van der Waals surface area contributed by atoms with E-state index >= 15 is 0 Å². The molecule has 0 fully saturated rings. The van der Waals surface area contributed by atoms with Gasteiger partial charge in [0.1, 0.15) is 0 Å². The molecule has 0 aliphatic rings. The van der Waals surface area contributed by atoms with Gasteiger partial charge in [-0.3, -0.25) is 10.1 Å². The van der Waals surface area contributed by atoms with Crippen molar-refractivity contribution in [2.45, 2.75) is 18.7 Å². The Morgan fingerprint density at radius 1 is 1.25 bits per heavy atom. The van der Waals surface area contributed by atoms with Crippen LogP contribution in [-0.4, -0.2) is 19.1 Å². The first kappa shape index (κ1) is 18.1. The van der Waals surface area contributed by atoms with Gasteiger partial charge in [-0.1, -0.05) is 34.1 Å². The Kier molecular flexibility index (Phi) is 5.35. The number of hydrogen-bond acceptors (Lipinski definition) is 5. The van der Waals surface area contributed by atoms with Gasteiger partial charge in [0.25, 0.3) is 15.7 Å². The molecule has 0 bridgehead atoms. The summed E-state index contributed by atoms with van der Waals surface area (Å²) in [6, 6.07) is 10.9. The molecule has 1 N–H and O–H groups in total. The van der Waals surface area contributed by atoms with Gasteiger partial charge in [0.05, 0.1) is 15.5 Å². The lowest BCUT2D eigenvalue weighted by atomic mass is 10.1. The molecule has 7 nitrogen and oxygen atoms in total. The topological polar surface area (TPSA) is 102 Å². The zero-order valence-corrected chi connectivity index (χ0v) is 15.3. The molecule has 2 aromatic carbocycles. The fourth-order valence-corrected chi connectivity index (χ4v) is 3.19. The van der Waals surface area contributed by atoms with E-state index in [-0.39, 0.29) is 10.6 Å². The summed E-state index contributed by atoms with van der Waals surface area (Å²) in [7, 11) is -4.00. The highest BCUT2D eigenvalue weighted by Crippen LogP contribution is 2.22. The Morgan fingerprint density at radius 2 is 1.96 bits per heavy atom. The maximum atomic E-state index is 12.3. The van der Waals surface area contributed by atoms with Crippen LogP contribution in [0.4, 0.5) is 5.69 Å². The molecule has 0 radical (unpaired) electrons. The number of nitrogens with one attached hydrogen (secondary N) is 1. The van der Waals surface area contributed by atoms with Crippen LogP contribution in [0.5, 0.6) is 0 Å². The molecule has 0 saturated heterocycles. The van der Waals surface area contributed by atoms with E-state index in [1.54, 1.807) is 25.1 Å². The van der Waals surface area contributed by atoms with Crippen molar-refractivity contribution in [1.82, 2.24) is 4.83 Å². The maximum Gasteiger partial charge on any atom is 0.276 e. The van der Waals surface area contributed by atoms with Crippen molar-refractivity contribution in [2.24, 2.45) is 5.10 Å². The molecule has 0 atom stereocenters.